The first-order chi connectivity index (χ1) is 6.71. The van der Waals surface area contributed by atoms with E-state index in [0.29, 0.717) is 0 Å². The van der Waals surface area contributed by atoms with Crippen molar-refractivity contribution in [3.05, 3.63) is 41.6 Å². The van der Waals surface area contributed by atoms with E-state index in [1.54, 1.807) is 0 Å². The Morgan fingerprint density at radius 1 is 1.21 bits per heavy atom. The zero-order chi connectivity index (χ0) is 9.76. The molecule has 2 heterocycles. The SMILES string of the molecule is CC1(C)C2=CCCN2c2ccccc21. The predicted molar refractivity (Wildman–Crippen MR) is 59.5 cm³/mol. The summed E-state index contributed by atoms with van der Waals surface area (Å²) in [4.78, 5) is 2.47. The highest BCUT2D eigenvalue weighted by atomic mass is 15.2. The van der Waals surface area contributed by atoms with Gasteiger partial charge >= 0.3 is 0 Å². The van der Waals surface area contributed by atoms with Gasteiger partial charge in [-0.15, -0.1) is 0 Å². The molecular formula is C13H15N. The van der Waals surface area contributed by atoms with Crippen molar-refractivity contribution in [2.24, 2.45) is 0 Å². The van der Waals surface area contributed by atoms with Gasteiger partial charge in [-0.2, -0.15) is 0 Å². The van der Waals surface area contributed by atoms with Gasteiger partial charge < -0.3 is 4.90 Å². The standard InChI is InChI=1S/C13H15N/c1-13(2)10-6-3-4-7-11(10)14-9-5-8-12(13)14/h3-4,6-8H,5,9H2,1-2H3. The van der Waals surface area contributed by atoms with Crippen LogP contribution in [0.1, 0.15) is 25.8 Å². The van der Waals surface area contributed by atoms with E-state index in [2.05, 4.69) is 49.1 Å². The molecule has 0 spiro atoms. The molecule has 2 aliphatic heterocycles. The Balaban J connectivity index is 2.27. The topological polar surface area (TPSA) is 3.24 Å². The van der Waals surface area contributed by atoms with E-state index >= 15 is 0 Å². The molecule has 0 unspecified atom stereocenters. The van der Waals surface area contributed by atoms with Crippen LogP contribution in [0.15, 0.2) is 36.0 Å². The summed E-state index contributed by atoms with van der Waals surface area (Å²) in [7, 11) is 0. The van der Waals surface area contributed by atoms with Crippen molar-refractivity contribution in [3.63, 3.8) is 0 Å². The minimum absolute atomic E-state index is 0.215. The lowest BCUT2D eigenvalue weighted by molar-refractivity contribution is 0.643. The fourth-order valence-electron chi connectivity index (χ4n) is 2.78. The van der Waals surface area contributed by atoms with Crippen LogP contribution in [0.25, 0.3) is 0 Å². The maximum absolute atomic E-state index is 2.47. The van der Waals surface area contributed by atoms with E-state index < -0.39 is 0 Å². The summed E-state index contributed by atoms with van der Waals surface area (Å²) < 4.78 is 0. The molecule has 1 aromatic carbocycles. The van der Waals surface area contributed by atoms with Crippen molar-refractivity contribution >= 4 is 5.69 Å². The minimum atomic E-state index is 0.215. The van der Waals surface area contributed by atoms with E-state index in [1.165, 1.54) is 23.4 Å². The van der Waals surface area contributed by atoms with Crippen molar-refractivity contribution in [2.75, 3.05) is 11.4 Å². The molecule has 1 nitrogen and oxygen atoms in total. The number of nitrogens with zero attached hydrogens (tertiary/aromatic N) is 1. The Morgan fingerprint density at radius 2 is 2.00 bits per heavy atom. The first-order valence-electron chi connectivity index (χ1n) is 5.29. The number of para-hydroxylation sites is 1. The molecule has 0 radical (unpaired) electrons. The van der Waals surface area contributed by atoms with Crippen LogP contribution < -0.4 is 4.90 Å². The van der Waals surface area contributed by atoms with Gasteiger partial charge in [0.1, 0.15) is 0 Å². The number of hydrogen-bond donors (Lipinski definition) is 0. The second kappa shape index (κ2) is 2.41. The molecule has 0 atom stereocenters. The van der Waals surface area contributed by atoms with Gasteiger partial charge in [0.15, 0.2) is 0 Å². The van der Waals surface area contributed by atoms with Crippen molar-refractivity contribution in [3.8, 4) is 0 Å². The molecule has 3 rings (SSSR count). The van der Waals surface area contributed by atoms with Crippen LogP contribution in [0.3, 0.4) is 0 Å². The molecule has 0 amide bonds. The Bertz CT molecular complexity index is 415. The third-order valence-corrected chi connectivity index (χ3v) is 3.49. The van der Waals surface area contributed by atoms with Crippen molar-refractivity contribution in [1.82, 2.24) is 0 Å². The summed E-state index contributed by atoms with van der Waals surface area (Å²) in [6.45, 7) is 5.81. The van der Waals surface area contributed by atoms with Gasteiger partial charge in [-0.25, -0.2) is 0 Å². The minimum Gasteiger partial charge on any atom is -0.344 e. The Hall–Kier alpha value is -1.24. The zero-order valence-electron chi connectivity index (χ0n) is 8.75. The Labute approximate surface area is 85.0 Å². The fourth-order valence-corrected chi connectivity index (χ4v) is 2.78. The van der Waals surface area contributed by atoms with Crippen LogP contribution in [-0.4, -0.2) is 6.54 Å². The summed E-state index contributed by atoms with van der Waals surface area (Å²) in [6.07, 6.45) is 3.59. The lowest BCUT2D eigenvalue weighted by Gasteiger charge is -2.22. The molecule has 1 aromatic rings. The number of hydrogen-bond acceptors (Lipinski definition) is 1. The molecule has 0 aromatic heterocycles. The van der Waals surface area contributed by atoms with E-state index in [9.17, 15) is 0 Å². The summed E-state index contributed by atoms with van der Waals surface area (Å²) in [5, 5.41) is 0. The van der Waals surface area contributed by atoms with E-state index in [4.69, 9.17) is 0 Å². The van der Waals surface area contributed by atoms with Crippen molar-refractivity contribution in [2.45, 2.75) is 25.7 Å². The Kier molecular flexibility index (Phi) is 1.40. The molecule has 0 saturated carbocycles. The highest BCUT2D eigenvalue weighted by molar-refractivity contribution is 5.71. The van der Waals surface area contributed by atoms with Crippen molar-refractivity contribution in [1.29, 1.82) is 0 Å². The normalized spacial score (nSPS) is 21.9. The first kappa shape index (κ1) is 8.10. The molecular weight excluding hydrogens is 170 g/mol. The van der Waals surface area contributed by atoms with Gasteiger partial charge in [-0.1, -0.05) is 38.1 Å². The van der Waals surface area contributed by atoms with Gasteiger partial charge in [0.2, 0.25) is 0 Å². The second-order valence-electron chi connectivity index (χ2n) is 4.67. The summed E-state index contributed by atoms with van der Waals surface area (Å²) in [5.74, 6) is 0. The zero-order valence-corrected chi connectivity index (χ0v) is 8.75. The molecule has 0 bridgehead atoms. The third kappa shape index (κ3) is 0.802. The van der Waals surface area contributed by atoms with E-state index in [1.807, 2.05) is 0 Å². The van der Waals surface area contributed by atoms with Crippen molar-refractivity contribution < 1.29 is 0 Å². The first-order valence-corrected chi connectivity index (χ1v) is 5.29. The molecule has 1 heteroatoms. The van der Waals surface area contributed by atoms with Gasteiger partial charge in [-0.05, 0) is 18.1 Å². The van der Waals surface area contributed by atoms with Crippen LogP contribution in [-0.2, 0) is 5.41 Å². The summed E-state index contributed by atoms with van der Waals surface area (Å²) in [6, 6.07) is 8.78. The van der Waals surface area contributed by atoms with Gasteiger partial charge in [0.25, 0.3) is 0 Å². The number of fused-ring (bicyclic) bond motifs is 3. The fraction of sp³-hybridized carbons (Fsp3) is 0.385. The van der Waals surface area contributed by atoms with Gasteiger partial charge in [0, 0.05) is 23.3 Å². The molecule has 72 valence electrons. The lowest BCUT2D eigenvalue weighted by Crippen LogP contribution is -2.22. The third-order valence-electron chi connectivity index (χ3n) is 3.49. The maximum Gasteiger partial charge on any atom is 0.0450 e. The number of anilines is 1. The largest absolute Gasteiger partial charge is 0.344 e. The molecule has 0 saturated heterocycles. The molecule has 0 N–H and O–H groups in total. The number of rotatable bonds is 0. The van der Waals surface area contributed by atoms with E-state index in [0.717, 1.165) is 6.54 Å². The van der Waals surface area contributed by atoms with Crippen LogP contribution in [0.4, 0.5) is 5.69 Å². The second-order valence-corrected chi connectivity index (χ2v) is 4.67. The smallest absolute Gasteiger partial charge is 0.0450 e. The van der Waals surface area contributed by atoms with E-state index in [-0.39, 0.29) is 5.41 Å². The average molecular weight is 185 g/mol. The van der Waals surface area contributed by atoms with Crippen LogP contribution >= 0.6 is 0 Å². The number of benzene rings is 1. The monoisotopic (exact) mass is 185 g/mol. The highest BCUT2D eigenvalue weighted by Gasteiger charge is 2.41. The quantitative estimate of drug-likeness (QED) is 0.600. The van der Waals surface area contributed by atoms with Crippen LogP contribution in [0, 0.1) is 0 Å². The summed E-state index contributed by atoms with van der Waals surface area (Å²) in [5.41, 5.74) is 4.61. The molecule has 0 aliphatic carbocycles. The Morgan fingerprint density at radius 3 is 2.86 bits per heavy atom. The van der Waals surface area contributed by atoms with Gasteiger partial charge in [-0.3, -0.25) is 0 Å². The predicted octanol–water partition coefficient (Wildman–Crippen LogP) is 3.07. The molecule has 14 heavy (non-hydrogen) atoms. The van der Waals surface area contributed by atoms with Crippen LogP contribution in [0.2, 0.25) is 0 Å². The van der Waals surface area contributed by atoms with Gasteiger partial charge in [0.05, 0.1) is 0 Å². The summed E-state index contributed by atoms with van der Waals surface area (Å²) >= 11 is 0. The lowest BCUT2D eigenvalue weighted by atomic mass is 9.84. The molecule has 2 aliphatic rings. The number of allylic oxidation sites excluding steroid dienone is 1. The van der Waals surface area contributed by atoms with Crippen LogP contribution in [0.5, 0.6) is 0 Å². The average Bonchev–Trinajstić information content (AvgIpc) is 2.72. The highest BCUT2D eigenvalue weighted by Crippen LogP contribution is 2.49. The maximum atomic E-state index is 2.47. The molecule has 0 fully saturated rings.